The van der Waals surface area contributed by atoms with Crippen molar-refractivity contribution in [1.82, 2.24) is 15.1 Å². The monoisotopic (exact) mass is 461 g/mol. The summed E-state index contributed by atoms with van der Waals surface area (Å²) >= 11 is 0. The SMILES string of the molecule is O=C(NC1CCN(Cc2ccccc2)CC1)C1COC2(CCCCC2)N1C(=O)c1ccccc1. The van der Waals surface area contributed by atoms with Gasteiger partial charge in [-0.15, -0.1) is 0 Å². The molecule has 1 N–H and O–H groups in total. The van der Waals surface area contributed by atoms with Crippen LogP contribution in [0.3, 0.4) is 0 Å². The van der Waals surface area contributed by atoms with Crippen molar-refractivity contribution in [2.75, 3.05) is 19.7 Å². The van der Waals surface area contributed by atoms with Crippen molar-refractivity contribution in [3.05, 3.63) is 71.8 Å². The Morgan fingerprint density at radius 2 is 1.56 bits per heavy atom. The van der Waals surface area contributed by atoms with Crippen LogP contribution in [0.25, 0.3) is 0 Å². The predicted molar refractivity (Wildman–Crippen MR) is 131 cm³/mol. The standard InChI is InChI=1S/C28H35N3O3/c32-26(29-24-14-18-30(19-15-24)20-22-10-4-1-5-11-22)25-21-34-28(16-8-3-9-17-28)31(25)27(33)23-12-6-2-7-13-23/h1-2,4-7,10-13,24-25H,3,8-9,14-21H2,(H,29,32). The lowest BCUT2D eigenvalue weighted by Gasteiger charge is -2.41. The molecular formula is C28H35N3O3. The van der Waals surface area contributed by atoms with E-state index < -0.39 is 11.8 Å². The molecule has 2 aromatic carbocycles. The summed E-state index contributed by atoms with van der Waals surface area (Å²) in [6, 6.07) is 19.4. The molecule has 1 aliphatic carbocycles. The van der Waals surface area contributed by atoms with Gasteiger partial charge in [-0.25, -0.2) is 0 Å². The maximum Gasteiger partial charge on any atom is 0.256 e. The van der Waals surface area contributed by atoms with E-state index in [4.69, 9.17) is 4.74 Å². The van der Waals surface area contributed by atoms with Gasteiger partial charge < -0.3 is 10.1 Å². The number of hydrogen-bond acceptors (Lipinski definition) is 4. The molecule has 2 heterocycles. The molecular weight excluding hydrogens is 426 g/mol. The highest BCUT2D eigenvalue weighted by Gasteiger charge is 2.53. The van der Waals surface area contributed by atoms with Crippen molar-refractivity contribution in [3.63, 3.8) is 0 Å². The van der Waals surface area contributed by atoms with E-state index in [1.165, 1.54) is 5.56 Å². The average Bonchev–Trinajstić information content (AvgIpc) is 3.24. The van der Waals surface area contributed by atoms with E-state index >= 15 is 0 Å². The van der Waals surface area contributed by atoms with Crippen LogP contribution < -0.4 is 5.32 Å². The van der Waals surface area contributed by atoms with Gasteiger partial charge in [-0.05, 0) is 56.2 Å². The van der Waals surface area contributed by atoms with E-state index in [0.29, 0.717) is 5.56 Å². The van der Waals surface area contributed by atoms with Crippen LogP contribution in [0, 0.1) is 0 Å². The predicted octanol–water partition coefficient (Wildman–Crippen LogP) is 3.97. The zero-order valence-corrected chi connectivity index (χ0v) is 19.8. The van der Waals surface area contributed by atoms with Crippen LogP contribution in [0.1, 0.15) is 60.9 Å². The summed E-state index contributed by atoms with van der Waals surface area (Å²) in [7, 11) is 0. The topological polar surface area (TPSA) is 61.9 Å². The van der Waals surface area contributed by atoms with Gasteiger partial charge in [0, 0.05) is 31.2 Å². The normalized spacial score (nSPS) is 23.2. The molecule has 0 bridgehead atoms. The fraction of sp³-hybridized carbons (Fsp3) is 0.500. The molecule has 2 saturated heterocycles. The highest BCUT2D eigenvalue weighted by atomic mass is 16.5. The molecule has 34 heavy (non-hydrogen) atoms. The second-order valence-corrected chi connectivity index (χ2v) is 9.92. The maximum absolute atomic E-state index is 13.6. The number of amides is 2. The van der Waals surface area contributed by atoms with Crippen LogP contribution in [0.2, 0.25) is 0 Å². The number of carbonyl (C=O) groups excluding carboxylic acids is 2. The molecule has 6 nitrogen and oxygen atoms in total. The molecule has 3 aliphatic rings. The Kier molecular flexibility index (Phi) is 6.97. The fourth-order valence-corrected chi connectivity index (χ4v) is 5.77. The largest absolute Gasteiger partial charge is 0.353 e. The highest BCUT2D eigenvalue weighted by Crippen LogP contribution is 2.41. The summed E-state index contributed by atoms with van der Waals surface area (Å²) in [6.07, 6.45) is 6.63. The molecule has 1 atom stereocenters. The third kappa shape index (κ3) is 4.89. The van der Waals surface area contributed by atoms with Gasteiger partial charge in [0.15, 0.2) is 0 Å². The average molecular weight is 462 g/mol. The minimum Gasteiger partial charge on any atom is -0.353 e. The van der Waals surface area contributed by atoms with Crippen LogP contribution >= 0.6 is 0 Å². The van der Waals surface area contributed by atoms with E-state index in [-0.39, 0.29) is 24.5 Å². The van der Waals surface area contributed by atoms with Crippen molar-refractivity contribution < 1.29 is 14.3 Å². The Morgan fingerprint density at radius 1 is 0.912 bits per heavy atom. The molecule has 1 spiro atoms. The first-order valence-corrected chi connectivity index (χ1v) is 12.7. The molecule has 1 unspecified atom stereocenters. The minimum atomic E-state index is -0.647. The lowest BCUT2D eigenvalue weighted by molar-refractivity contribution is -0.128. The summed E-state index contributed by atoms with van der Waals surface area (Å²) < 4.78 is 6.28. The minimum absolute atomic E-state index is 0.0757. The molecule has 2 amide bonds. The summed E-state index contributed by atoms with van der Waals surface area (Å²) in [6.45, 7) is 3.13. The van der Waals surface area contributed by atoms with Gasteiger partial charge in [-0.3, -0.25) is 19.4 Å². The number of hydrogen-bond donors (Lipinski definition) is 1. The molecule has 2 aliphatic heterocycles. The van der Waals surface area contributed by atoms with Crippen molar-refractivity contribution in [1.29, 1.82) is 0 Å². The number of benzene rings is 2. The Labute approximate surface area is 202 Å². The number of carbonyl (C=O) groups is 2. The number of ether oxygens (including phenoxy) is 1. The highest BCUT2D eigenvalue weighted by molar-refractivity contribution is 5.98. The van der Waals surface area contributed by atoms with Crippen LogP contribution in [0.4, 0.5) is 0 Å². The third-order valence-electron chi connectivity index (χ3n) is 7.62. The molecule has 0 aromatic heterocycles. The third-order valence-corrected chi connectivity index (χ3v) is 7.62. The molecule has 6 heteroatoms. The molecule has 2 aromatic rings. The van der Waals surface area contributed by atoms with Gasteiger partial charge in [0.25, 0.3) is 5.91 Å². The number of nitrogens with one attached hydrogen (secondary N) is 1. The number of nitrogens with zero attached hydrogens (tertiary/aromatic N) is 2. The fourth-order valence-electron chi connectivity index (χ4n) is 5.77. The summed E-state index contributed by atoms with van der Waals surface area (Å²) in [5.41, 5.74) is 1.29. The van der Waals surface area contributed by atoms with E-state index in [0.717, 1.165) is 64.6 Å². The van der Waals surface area contributed by atoms with Gasteiger partial charge in [0.05, 0.1) is 6.61 Å². The van der Waals surface area contributed by atoms with E-state index in [1.54, 1.807) is 4.90 Å². The Balaban J connectivity index is 1.24. The molecule has 5 rings (SSSR count). The van der Waals surface area contributed by atoms with Gasteiger partial charge in [-0.2, -0.15) is 0 Å². The van der Waals surface area contributed by atoms with Crippen molar-refractivity contribution >= 4 is 11.8 Å². The molecule has 180 valence electrons. The lowest BCUT2D eigenvalue weighted by Crippen LogP contribution is -2.58. The van der Waals surface area contributed by atoms with Crippen molar-refractivity contribution in [2.24, 2.45) is 0 Å². The van der Waals surface area contributed by atoms with E-state index in [9.17, 15) is 9.59 Å². The van der Waals surface area contributed by atoms with Crippen LogP contribution in [0.15, 0.2) is 60.7 Å². The molecule has 0 radical (unpaired) electrons. The second-order valence-electron chi connectivity index (χ2n) is 9.92. The summed E-state index contributed by atoms with van der Waals surface area (Å²) in [4.78, 5) is 31.3. The Morgan fingerprint density at radius 3 is 2.24 bits per heavy atom. The molecule has 3 fully saturated rings. The van der Waals surface area contributed by atoms with Gasteiger partial charge in [0.2, 0.25) is 5.91 Å². The van der Waals surface area contributed by atoms with Crippen molar-refractivity contribution in [2.45, 2.75) is 69.3 Å². The van der Waals surface area contributed by atoms with Gasteiger partial charge in [0.1, 0.15) is 11.8 Å². The Hall–Kier alpha value is -2.70. The van der Waals surface area contributed by atoms with Crippen molar-refractivity contribution in [3.8, 4) is 0 Å². The van der Waals surface area contributed by atoms with E-state index in [2.05, 4.69) is 34.5 Å². The van der Waals surface area contributed by atoms with Gasteiger partial charge >= 0.3 is 0 Å². The lowest BCUT2D eigenvalue weighted by atomic mass is 9.89. The first-order valence-electron chi connectivity index (χ1n) is 12.7. The van der Waals surface area contributed by atoms with E-state index in [1.807, 2.05) is 36.4 Å². The number of rotatable bonds is 5. The number of likely N-dealkylation sites (tertiary alicyclic amines) is 1. The second kappa shape index (κ2) is 10.3. The molecule has 1 saturated carbocycles. The first kappa shape index (κ1) is 23.1. The maximum atomic E-state index is 13.6. The van der Waals surface area contributed by atoms with Crippen LogP contribution in [0.5, 0.6) is 0 Å². The number of piperidine rings is 1. The quantitative estimate of drug-likeness (QED) is 0.732. The first-order chi connectivity index (χ1) is 16.6. The summed E-state index contributed by atoms with van der Waals surface area (Å²) in [5.74, 6) is -0.175. The summed E-state index contributed by atoms with van der Waals surface area (Å²) in [5, 5.41) is 3.26. The van der Waals surface area contributed by atoms with Crippen LogP contribution in [-0.4, -0.2) is 59.1 Å². The van der Waals surface area contributed by atoms with Gasteiger partial charge in [-0.1, -0.05) is 55.0 Å². The van der Waals surface area contributed by atoms with Crippen LogP contribution in [-0.2, 0) is 16.1 Å². The smallest absolute Gasteiger partial charge is 0.256 e. The zero-order valence-electron chi connectivity index (χ0n) is 19.8. The Bertz CT molecular complexity index is 967. The zero-order chi connectivity index (χ0) is 23.4.